The molecule has 0 aliphatic carbocycles. The Hall–Kier alpha value is -0.850. The molecule has 0 aromatic carbocycles. The number of allylic oxidation sites excluding steroid dienone is 1. The lowest BCUT2D eigenvalue weighted by Gasteiger charge is -1.79. The van der Waals surface area contributed by atoms with Crippen LogP contribution in [0.5, 0.6) is 0 Å². The molecule has 0 amide bonds. The highest BCUT2D eigenvalue weighted by molar-refractivity contribution is 5.92. The standard InChI is InChI=1S/C6H9N.CH4/c1-4-6(3)7-5-2;/h4-5H,1-2H2,3H3;1H4. The van der Waals surface area contributed by atoms with Crippen molar-refractivity contribution in [3.05, 3.63) is 25.4 Å². The van der Waals surface area contributed by atoms with Gasteiger partial charge in [-0.05, 0) is 13.0 Å². The summed E-state index contributed by atoms with van der Waals surface area (Å²) in [7, 11) is 0. The van der Waals surface area contributed by atoms with Crippen LogP contribution in [0.4, 0.5) is 0 Å². The van der Waals surface area contributed by atoms with Gasteiger partial charge in [0.05, 0.1) is 0 Å². The quantitative estimate of drug-likeness (QED) is 0.485. The summed E-state index contributed by atoms with van der Waals surface area (Å²) in [6.45, 7) is 8.78. The van der Waals surface area contributed by atoms with E-state index in [-0.39, 0.29) is 7.43 Å². The largest absolute Gasteiger partial charge is 0.262 e. The van der Waals surface area contributed by atoms with E-state index >= 15 is 0 Å². The molecule has 0 unspecified atom stereocenters. The molecule has 0 aromatic heterocycles. The summed E-state index contributed by atoms with van der Waals surface area (Å²) in [6.07, 6.45) is 3.18. The molecule has 8 heavy (non-hydrogen) atoms. The first kappa shape index (κ1) is 10.2. The van der Waals surface area contributed by atoms with Gasteiger partial charge in [-0.2, -0.15) is 0 Å². The van der Waals surface area contributed by atoms with Gasteiger partial charge in [-0.1, -0.05) is 20.6 Å². The second-order valence-electron chi connectivity index (χ2n) is 1.16. The summed E-state index contributed by atoms with van der Waals surface area (Å²) in [4.78, 5) is 3.81. The van der Waals surface area contributed by atoms with Crippen molar-refractivity contribution < 1.29 is 0 Å². The zero-order chi connectivity index (χ0) is 5.70. The summed E-state index contributed by atoms with van der Waals surface area (Å²) in [5.74, 6) is 0. The van der Waals surface area contributed by atoms with Crippen molar-refractivity contribution in [2.75, 3.05) is 0 Å². The Bertz CT molecular complexity index is 101. The Kier molecular flexibility index (Phi) is 7.84. The third-order valence-corrected chi connectivity index (χ3v) is 0.590. The minimum Gasteiger partial charge on any atom is -0.262 e. The van der Waals surface area contributed by atoms with Crippen LogP contribution in [0.15, 0.2) is 30.4 Å². The summed E-state index contributed by atoms with van der Waals surface area (Å²) in [6, 6.07) is 0. The van der Waals surface area contributed by atoms with Crippen molar-refractivity contribution in [3.8, 4) is 0 Å². The Labute approximate surface area is 51.5 Å². The Morgan fingerprint density at radius 3 is 2.12 bits per heavy atom. The molecule has 0 aromatic rings. The van der Waals surface area contributed by atoms with Crippen LogP contribution in [0.1, 0.15) is 14.4 Å². The van der Waals surface area contributed by atoms with Crippen LogP contribution in [0.25, 0.3) is 0 Å². The molecule has 0 heterocycles. The maximum Gasteiger partial charge on any atom is 0.0366 e. The zero-order valence-electron chi connectivity index (χ0n) is 4.52. The van der Waals surface area contributed by atoms with Gasteiger partial charge in [0.15, 0.2) is 0 Å². The van der Waals surface area contributed by atoms with Crippen molar-refractivity contribution in [3.63, 3.8) is 0 Å². The molecule has 0 spiro atoms. The number of hydrogen-bond donors (Lipinski definition) is 0. The van der Waals surface area contributed by atoms with Gasteiger partial charge in [0.2, 0.25) is 0 Å². The predicted octanol–water partition coefficient (Wildman–Crippen LogP) is 2.41. The number of nitrogens with zero attached hydrogens (tertiary/aromatic N) is 1. The Morgan fingerprint density at radius 1 is 1.50 bits per heavy atom. The molecule has 0 saturated heterocycles. The molecule has 0 aliphatic rings. The average molecular weight is 111 g/mol. The third-order valence-electron chi connectivity index (χ3n) is 0.590. The summed E-state index contributed by atoms with van der Waals surface area (Å²) in [5, 5.41) is 0. The molecular weight excluding hydrogens is 98.1 g/mol. The van der Waals surface area contributed by atoms with Crippen LogP contribution >= 0.6 is 0 Å². The lowest BCUT2D eigenvalue weighted by Crippen LogP contribution is -1.77. The van der Waals surface area contributed by atoms with Crippen LogP contribution in [-0.2, 0) is 0 Å². The molecule has 0 bridgehead atoms. The fourth-order valence-electron chi connectivity index (χ4n) is 0.197. The normalized spacial score (nSPS) is 9.38. The van der Waals surface area contributed by atoms with Crippen molar-refractivity contribution in [2.24, 2.45) is 4.99 Å². The lowest BCUT2D eigenvalue weighted by atomic mass is 10.4. The SMILES string of the molecule is C.C=CN=C(C)C=C. The van der Waals surface area contributed by atoms with E-state index in [1.807, 2.05) is 6.92 Å². The first-order valence-corrected chi connectivity index (χ1v) is 2.09. The van der Waals surface area contributed by atoms with E-state index < -0.39 is 0 Å². The number of hydrogen-bond acceptors (Lipinski definition) is 1. The molecule has 46 valence electrons. The van der Waals surface area contributed by atoms with Gasteiger partial charge in [-0.25, -0.2) is 0 Å². The third kappa shape index (κ3) is 5.15. The van der Waals surface area contributed by atoms with Crippen molar-refractivity contribution in [2.45, 2.75) is 14.4 Å². The predicted molar refractivity (Wildman–Crippen MR) is 40.2 cm³/mol. The second kappa shape index (κ2) is 6.15. The van der Waals surface area contributed by atoms with Gasteiger partial charge in [-0.3, -0.25) is 4.99 Å². The van der Waals surface area contributed by atoms with Crippen molar-refractivity contribution in [1.29, 1.82) is 0 Å². The van der Waals surface area contributed by atoms with Crippen LogP contribution in [0.3, 0.4) is 0 Å². The minimum atomic E-state index is 0. The highest BCUT2D eigenvalue weighted by Crippen LogP contribution is 1.76. The van der Waals surface area contributed by atoms with Crippen LogP contribution in [-0.4, -0.2) is 5.71 Å². The first-order chi connectivity index (χ1) is 3.31. The topological polar surface area (TPSA) is 12.4 Å². The van der Waals surface area contributed by atoms with Gasteiger partial charge >= 0.3 is 0 Å². The monoisotopic (exact) mass is 111 g/mol. The van der Waals surface area contributed by atoms with E-state index in [1.54, 1.807) is 6.08 Å². The van der Waals surface area contributed by atoms with E-state index in [9.17, 15) is 0 Å². The smallest absolute Gasteiger partial charge is 0.0366 e. The van der Waals surface area contributed by atoms with E-state index in [2.05, 4.69) is 18.2 Å². The Balaban J connectivity index is 0. The molecule has 0 radical (unpaired) electrons. The maximum atomic E-state index is 3.81. The molecule has 0 fully saturated rings. The summed E-state index contributed by atoms with van der Waals surface area (Å²) >= 11 is 0. The molecule has 0 atom stereocenters. The first-order valence-electron chi connectivity index (χ1n) is 2.09. The molecule has 0 rings (SSSR count). The molecule has 1 heteroatoms. The molecule has 0 aliphatic heterocycles. The maximum absolute atomic E-state index is 3.81. The van der Waals surface area contributed by atoms with Gasteiger partial charge < -0.3 is 0 Å². The molecule has 0 N–H and O–H groups in total. The number of rotatable bonds is 2. The Morgan fingerprint density at radius 2 is 2.00 bits per heavy atom. The van der Waals surface area contributed by atoms with Crippen LogP contribution in [0.2, 0.25) is 0 Å². The summed E-state index contributed by atoms with van der Waals surface area (Å²) in [5.41, 5.74) is 0.898. The van der Waals surface area contributed by atoms with E-state index in [1.165, 1.54) is 6.20 Å². The average Bonchev–Trinajstić information content (AvgIpc) is 1.68. The highest BCUT2D eigenvalue weighted by atomic mass is 14.7. The fourth-order valence-corrected chi connectivity index (χ4v) is 0.197. The van der Waals surface area contributed by atoms with Gasteiger partial charge in [0, 0.05) is 11.9 Å². The van der Waals surface area contributed by atoms with E-state index in [0.717, 1.165) is 5.71 Å². The second-order valence-corrected chi connectivity index (χ2v) is 1.16. The van der Waals surface area contributed by atoms with Gasteiger partial charge in [0.1, 0.15) is 0 Å². The van der Waals surface area contributed by atoms with Crippen LogP contribution < -0.4 is 0 Å². The van der Waals surface area contributed by atoms with Crippen molar-refractivity contribution in [1.82, 2.24) is 0 Å². The minimum absolute atomic E-state index is 0. The van der Waals surface area contributed by atoms with Crippen LogP contribution in [0, 0.1) is 0 Å². The fraction of sp³-hybridized carbons (Fsp3) is 0.286. The van der Waals surface area contributed by atoms with Gasteiger partial charge in [0.25, 0.3) is 0 Å². The summed E-state index contributed by atoms with van der Waals surface area (Å²) < 4.78 is 0. The lowest BCUT2D eigenvalue weighted by molar-refractivity contribution is 1.56. The molecule has 0 saturated carbocycles. The zero-order valence-corrected chi connectivity index (χ0v) is 4.52. The number of aliphatic imine (C=N–C) groups is 1. The van der Waals surface area contributed by atoms with E-state index in [4.69, 9.17) is 0 Å². The van der Waals surface area contributed by atoms with Gasteiger partial charge in [-0.15, -0.1) is 0 Å². The molecule has 1 nitrogen and oxygen atoms in total. The highest BCUT2D eigenvalue weighted by Gasteiger charge is 1.70. The van der Waals surface area contributed by atoms with E-state index in [0.29, 0.717) is 0 Å². The van der Waals surface area contributed by atoms with Crippen molar-refractivity contribution >= 4 is 5.71 Å². The molecular formula is C7H13N.